The summed E-state index contributed by atoms with van der Waals surface area (Å²) in [5.74, 6) is -0.112. The van der Waals surface area contributed by atoms with Gasteiger partial charge in [-0.15, -0.1) is 0 Å². The van der Waals surface area contributed by atoms with Crippen LogP contribution in [0.5, 0.6) is 11.5 Å². The van der Waals surface area contributed by atoms with E-state index in [4.69, 9.17) is 16.3 Å². The molecule has 0 spiro atoms. The maximum Gasteiger partial charge on any atom is 0.166 e. The standard InChI is InChI=1S/C14H11BrClFO2/c1-8(18)9-2-4-14(12(17)6-9)19-13-5-3-10(15)7-11(13)16/h2-8,18H,1H3/t8-/m1/s1. The van der Waals surface area contributed by atoms with E-state index in [1.54, 1.807) is 31.2 Å². The summed E-state index contributed by atoms with van der Waals surface area (Å²) >= 11 is 9.28. The molecule has 1 N–H and O–H groups in total. The van der Waals surface area contributed by atoms with Crippen molar-refractivity contribution in [3.05, 3.63) is 57.3 Å². The largest absolute Gasteiger partial charge is 0.453 e. The van der Waals surface area contributed by atoms with Crippen LogP contribution in [0.3, 0.4) is 0 Å². The minimum absolute atomic E-state index is 0.0635. The summed E-state index contributed by atoms with van der Waals surface area (Å²) in [4.78, 5) is 0. The second-order valence-corrected chi connectivity index (χ2v) is 5.37. The van der Waals surface area contributed by atoms with E-state index in [1.165, 1.54) is 12.1 Å². The van der Waals surface area contributed by atoms with Crippen LogP contribution in [-0.2, 0) is 0 Å². The van der Waals surface area contributed by atoms with Crippen molar-refractivity contribution in [2.24, 2.45) is 0 Å². The lowest BCUT2D eigenvalue weighted by Crippen LogP contribution is -1.94. The average molecular weight is 346 g/mol. The maximum absolute atomic E-state index is 13.8. The molecule has 0 fully saturated rings. The zero-order valence-corrected chi connectivity index (χ0v) is 12.4. The normalized spacial score (nSPS) is 12.3. The highest BCUT2D eigenvalue weighted by molar-refractivity contribution is 9.10. The van der Waals surface area contributed by atoms with E-state index in [-0.39, 0.29) is 5.75 Å². The molecule has 0 aliphatic heterocycles. The van der Waals surface area contributed by atoms with Gasteiger partial charge in [0.15, 0.2) is 11.6 Å². The first-order valence-corrected chi connectivity index (χ1v) is 6.75. The highest BCUT2D eigenvalue weighted by atomic mass is 79.9. The third-order valence-corrected chi connectivity index (χ3v) is 3.34. The van der Waals surface area contributed by atoms with Crippen LogP contribution >= 0.6 is 27.5 Å². The van der Waals surface area contributed by atoms with Crippen LogP contribution in [0.4, 0.5) is 4.39 Å². The third-order valence-electron chi connectivity index (χ3n) is 2.55. The number of aliphatic hydroxyl groups excluding tert-OH is 1. The van der Waals surface area contributed by atoms with Gasteiger partial charge in [-0.25, -0.2) is 4.39 Å². The number of benzene rings is 2. The number of hydrogen-bond donors (Lipinski definition) is 1. The van der Waals surface area contributed by atoms with Crippen LogP contribution in [0, 0.1) is 5.82 Å². The van der Waals surface area contributed by atoms with Crippen molar-refractivity contribution < 1.29 is 14.2 Å². The van der Waals surface area contributed by atoms with Gasteiger partial charge in [0.1, 0.15) is 5.75 Å². The van der Waals surface area contributed by atoms with Crippen LogP contribution in [0.2, 0.25) is 5.02 Å². The predicted molar refractivity (Wildman–Crippen MR) is 76.3 cm³/mol. The molecule has 5 heteroatoms. The summed E-state index contributed by atoms with van der Waals surface area (Å²) in [6.07, 6.45) is -0.722. The van der Waals surface area contributed by atoms with Gasteiger partial charge >= 0.3 is 0 Å². The SMILES string of the molecule is C[C@@H](O)c1ccc(Oc2ccc(Br)cc2Cl)c(F)c1. The molecule has 19 heavy (non-hydrogen) atoms. The summed E-state index contributed by atoms with van der Waals surface area (Å²) in [5, 5.41) is 9.75. The first kappa shape index (κ1) is 14.3. The topological polar surface area (TPSA) is 29.5 Å². The third kappa shape index (κ3) is 3.47. The second-order valence-electron chi connectivity index (χ2n) is 4.04. The number of rotatable bonds is 3. The molecule has 0 saturated carbocycles. The Labute approximate surface area is 123 Å². The predicted octanol–water partition coefficient (Wildman–Crippen LogP) is 5.09. The van der Waals surface area contributed by atoms with Crippen molar-refractivity contribution in [3.8, 4) is 11.5 Å². The monoisotopic (exact) mass is 344 g/mol. The summed E-state index contributed by atoms with van der Waals surface area (Å²) < 4.78 is 20.1. The van der Waals surface area contributed by atoms with Crippen molar-refractivity contribution in [1.82, 2.24) is 0 Å². The van der Waals surface area contributed by atoms with Crippen LogP contribution < -0.4 is 4.74 Å². The van der Waals surface area contributed by atoms with Gasteiger partial charge < -0.3 is 9.84 Å². The van der Waals surface area contributed by atoms with Crippen molar-refractivity contribution in [2.45, 2.75) is 13.0 Å². The Bertz CT molecular complexity index is 602. The van der Waals surface area contributed by atoms with Gasteiger partial charge in [-0.3, -0.25) is 0 Å². The molecule has 100 valence electrons. The van der Waals surface area contributed by atoms with E-state index in [2.05, 4.69) is 15.9 Å². The lowest BCUT2D eigenvalue weighted by Gasteiger charge is -2.11. The van der Waals surface area contributed by atoms with Crippen molar-refractivity contribution in [3.63, 3.8) is 0 Å². The molecule has 0 aromatic heterocycles. The van der Waals surface area contributed by atoms with Crippen LogP contribution in [-0.4, -0.2) is 5.11 Å². The van der Waals surface area contributed by atoms with E-state index in [9.17, 15) is 9.50 Å². The van der Waals surface area contributed by atoms with Gasteiger partial charge in [-0.1, -0.05) is 33.6 Å². The molecule has 2 aromatic carbocycles. The van der Waals surface area contributed by atoms with E-state index in [0.717, 1.165) is 4.47 Å². The number of ether oxygens (including phenoxy) is 1. The number of halogens is 3. The van der Waals surface area contributed by atoms with Crippen LogP contribution in [0.25, 0.3) is 0 Å². The fourth-order valence-electron chi connectivity index (χ4n) is 1.54. The molecule has 0 bridgehead atoms. The molecule has 0 aliphatic carbocycles. The quantitative estimate of drug-likeness (QED) is 0.840. The van der Waals surface area contributed by atoms with Gasteiger partial charge in [0, 0.05) is 4.47 Å². The summed E-state index contributed by atoms with van der Waals surface area (Å²) in [6.45, 7) is 1.57. The maximum atomic E-state index is 13.8. The Balaban J connectivity index is 2.28. The molecule has 0 aliphatic rings. The first-order valence-electron chi connectivity index (χ1n) is 5.58. The lowest BCUT2D eigenvalue weighted by atomic mass is 10.1. The molecule has 2 aromatic rings. The number of aliphatic hydroxyl groups is 1. The smallest absolute Gasteiger partial charge is 0.166 e. The molecule has 2 nitrogen and oxygen atoms in total. The van der Waals surface area contributed by atoms with Gasteiger partial charge in [-0.2, -0.15) is 0 Å². The fraction of sp³-hybridized carbons (Fsp3) is 0.143. The van der Waals surface area contributed by atoms with Crippen molar-refractivity contribution in [1.29, 1.82) is 0 Å². The fourth-order valence-corrected chi connectivity index (χ4v) is 2.25. The van der Waals surface area contributed by atoms with Gasteiger partial charge in [0.25, 0.3) is 0 Å². The molecule has 2 rings (SSSR count). The van der Waals surface area contributed by atoms with Gasteiger partial charge in [-0.05, 0) is 42.8 Å². The van der Waals surface area contributed by atoms with Crippen molar-refractivity contribution >= 4 is 27.5 Å². The Hall–Kier alpha value is -1.10. The molecule has 0 heterocycles. The zero-order valence-electron chi connectivity index (χ0n) is 10.0. The van der Waals surface area contributed by atoms with E-state index >= 15 is 0 Å². The van der Waals surface area contributed by atoms with Crippen molar-refractivity contribution in [2.75, 3.05) is 0 Å². The second kappa shape index (κ2) is 5.90. The average Bonchev–Trinajstić information content (AvgIpc) is 2.34. The Kier molecular flexibility index (Phi) is 4.45. The Morgan fingerprint density at radius 2 is 1.89 bits per heavy atom. The van der Waals surface area contributed by atoms with E-state index in [1.807, 2.05) is 0 Å². The summed E-state index contributed by atoms with van der Waals surface area (Å²) in [7, 11) is 0. The molecule has 0 radical (unpaired) electrons. The number of hydrogen-bond acceptors (Lipinski definition) is 2. The highest BCUT2D eigenvalue weighted by Crippen LogP contribution is 2.33. The molecular weight excluding hydrogens is 335 g/mol. The minimum Gasteiger partial charge on any atom is -0.453 e. The highest BCUT2D eigenvalue weighted by Gasteiger charge is 2.10. The van der Waals surface area contributed by atoms with Crippen LogP contribution in [0.15, 0.2) is 40.9 Å². The zero-order chi connectivity index (χ0) is 14.0. The van der Waals surface area contributed by atoms with Gasteiger partial charge in [0.2, 0.25) is 0 Å². The summed E-state index contributed by atoms with van der Waals surface area (Å²) in [6, 6.07) is 9.38. The molecular formula is C14H11BrClFO2. The van der Waals surface area contributed by atoms with E-state index in [0.29, 0.717) is 16.3 Å². The van der Waals surface area contributed by atoms with E-state index < -0.39 is 11.9 Å². The minimum atomic E-state index is -0.722. The van der Waals surface area contributed by atoms with Gasteiger partial charge in [0.05, 0.1) is 11.1 Å². The molecule has 0 amide bonds. The molecule has 1 atom stereocenters. The Morgan fingerprint density at radius 1 is 1.21 bits per heavy atom. The summed E-state index contributed by atoms with van der Waals surface area (Å²) in [5.41, 5.74) is 0.492. The Morgan fingerprint density at radius 3 is 2.47 bits per heavy atom. The van der Waals surface area contributed by atoms with Crippen LogP contribution in [0.1, 0.15) is 18.6 Å². The first-order chi connectivity index (χ1) is 8.97. The molecule has 0 saturated heterocycles. The lowest BCUT2D eigenvalue weighted by molar-refractivity contribution is 0.198. The molecule has 0 unspecified atom stereocenters.